The molecule has 2 aromatic rings. The first-order chi connectivity index (χ1) is 17.7. The number of carbonyl (C=O) groups excluding carboxylic acids is 2. The maximum absolute atomic E-state index is 13.4. The minimum absolute atomic E-state index is 0.0372. The molecule has 1 saturated carbocycles. The maximum atomic E-state index is 13.4. The Morgan fingerprint density at radius 3 is 2.19 bits per heavy atom. The van der Waals surface area contributed by atoms with E-state index in [1.807, 2.05) is 51.1 Å². The van der Waals surface area contributed by atoms with Crippen LogP contribution in [0.2, 0.25) is 0 Å². The van der Waals surface area contributed by atoms with Crippen molar-refractivity contribution in [2.24, 2.45) is 0 Å². The van der Waals surface area contributed by atoms with E-state index in [0.29, 0.717) is 6.42 Å². The van der Waals surface area contributed by atoms with Gasteiger partial charge in [0.1, 0.15) is 11.6 Å². The number of ether oxygens (including phenoxy) is 2. The lowest BCUT2D eigenvalue weighted by atomic mass is 9.73. The van der Waals surface area contributed by atoms with Gasteiger partial charge in [0.2, 0.25) is 5.91 Å². The van der Waals surface area contributed by atoms with E-state index in [0.717, 1.165) is 57.6 Å². The predicted octanol–water partition coefficient (Wildman–Crippen LogP) is 4.41. The standard InChI is InChI=1S/C30H41N3O4/c1-29(2,3)37-28(35)32-26(22-23-10-6-4-7-11-23)27(34)31-25-14-16-30(17-15-25,24-12-8-5-9-13-24)33-18-20-36-21-19-33/h4-13,25-26H,14-22H2,1-3H3,(H,31,34)(H,32,35). The quantitative estimate of drug-likeness (QED) is 0.580. The van der Waals surface area contributed by atoms with Crippen LogP contribution in [0.1, 0.15) is 57.6 Å². The van der Waals surface area contributed by atoms with Gasteiger partial charge in [0.25, 0.3) is 0 Å². The SMILES string of the molecule is CC(C)(C)OC(=O)NC(Cc1ccccc1)C(=O)NC1CCC(c2ccccc2)(N2CCOCC2)CC1. The first-order valence-electron chi connectivity index (χ1n) is 13.5. The molecule has 2 aromatic carbocycles. The van der Waals surface area contributed by atoms with Gasteiger partial charge < -0.3 is 20.1 Å². The minimum Gasteiger partial charge on any atom is -0.444 e. The molecule has 0 spiro atoms. The number of alkyl carbamates (subject to hydrolysis) is 1. The molecule has 2 amide bonds. The highest BCUT2D eigenvalue weighted by Gasteiger charge is 2.42. The first-order valence-corrected chi connectivity index (χ1v) is 13.5. The Labute approximate surface area is 220 Å². The molecule has 0 radical (unpaired) electrons. The number of amides is 2. The molecule has 7 nitrogen and oxygen atoms in total. The Hall–Kier alpha value is -2.90. The van der Waals surface area contributed by atoms with Crippen LogP contribution in [0.15, 0.2) is 60.7 Å². The molecule has 2 N–H and O–H groups in total. The van der Waals surface area contributed by atoms with Crippen LogP contribution in [0.3, 0.4) is 0 Å². The van der Waals surface area contributed by atoms with E-state index in [1.54, 1.807) is 0 Å². The van der Waals surface area contributed by atoms with E-state index in [9.17, 15) is 9.59 Å². The van der Waals surface area contributed by atoms with Gasteiger partial charge in [-0.1, -0.05) is 60.7 Å². The zero-order valence-corrected chi connectivity index (χ0v) is 22.4. The number of nitrogens with zero attached hydrogens (tertiary/aromatic N) is 1. The summed E-state index contributed by atoms with van der Waals surface area (Å²) in [6, 6.07) is 19.8. The van der Waals surface area contributed by atoms with Crippen LogP contribution < -0.4 is 10.6 Å². The Bertz CT molecular complexity index is 1010. The third-order valence-corrected chi connectivity index (χ3v) is 7.38. The number of hydrogen-bond donors (Lipinski definition) is 2. The Morgan fingerprint density at radius 2 is 1.59 bits per heavy atom. The summed E-state index contributed by atoms with van der Waals surface area (Å²) in [5.41, 5.74) is 1.65. The summed E-state index contributed by atoms with van der Waals surface area (Å²) in [6.45, 7) is 8.80. The van der Waals surface area contributed by atoms with Gasteiger partial charge in [-0.05, 0) is 57.6 Å². The van der Waals surface area contributed by atoms with E-state index >= 15 is 0 Å². The highest BCUT2D eigenvalue weighted by molar-refractivity contribution is 5.86. The van der Waals surface area contributed by atoms with Gasteiger partial charge in [0, 0.05) is 31.1 Å². The monoisotopic (exact) mass is 507 g/mol. The molecule has 0 bridgehead atoms. The van der Waals surface area contributed by atoms with Crippen LogP contribution >= 0.6 is 0 Å². The molecular formula is C30H41N3O4. The number of carbonyl (C=O) groups is 2. The molecule has 7 heteroatoms. The van der Waals surface area contributed by atoms with Gasteiger partial charge in [-0.25, -0.2) is 4.79 Å². The Kier molecular flexibility index (Phi) is 8.87. The Balaban J connectivity index is 1.43. The lowest BCUT2D eigenvalue weighted by molar-refractivity contribution is -0.124. The molecule has 2 fully saturated rings. The van der Waals surface area contributed by atoms with E-state index < -0.39 is 17.7 Å². The molecule has 1 atom stereocenters. The summed E-state index contributed by atoms with van der Waals surface area (Å²) >= 11 is 0. The minimum atomic E-state index is -0.711. The molecule has 1 aliphatic carbocycles. The van der Waals surface area contributed by atoms with Crippen molar-refractivity contribution in [1.82, 2.24) is 15.5 Å². The lowest BCUT2D eigenvalue weighted by Crippen LogP contribution is -2.56. The third-order valence-electron chi connectivity index (χ3n) is 7.38. The van der Waals surface area contributed by atoms with Crippen molar-refractivity contribution in [2.45, 2.75) is 76.1 Å². The molecule has 1 saturated heterocycles. The molecule has 4 rings (SSSR count). The van der Waals surface area contributed by atoms with Gasteiger partial charge in [-0.3, -0.25) is 9.69 Å². The predicted molar refractivity (Wildman–Crippen MR) is 144 cm³/mol. The smallest absolute Gasteiger partial charge is 0.408 e. The van der Waals surface area contributed by atoms with E-state index in [-0.39, 0.29) is 17.5 Å². The second-order valence-corrected chi connectivity index (χ2v) is 11.2. The second kappa shape index (κ2) is 12.1. The van der Waals surface area contributed by atoms with Gasteiger partial charge in [0.05, 0.1) is 13.2 Å². The van der Waals surface area contributed by atoms with E-state index in [1.165, 1.54) is 5.56 Å². The summed E-state index contributed by atoms with van der Waals surface area (Å²) in [6.07, 6.45) is 3.50. The van der Waals surface area contributed by atoms with Crippen LogP contribution in [0.5, 0.6) is 0 Å². The topological polar surface area (TPSA) is 79.9 Å². The van der Waals surface area contributed by atoms with Gasteiger partial charge >= 0.3 is 6.09 Å². The molecular weight excluding hydrogens is 466 g/mol. The zero-order chi connectivity index (χ0) is 26.3. The van der Waals surface area contributed by atoms with Crippen molar-refractivity contribution in [3.05, 3.63) is 71.8 Å². The van der Waals surface area contributed by atoms with E-state index in [4.69, 9.17) is 9.47 Å². The van der Waals surface area contributed by atoms with Crippen LogP contribution in [-0.4, -0.2) is 60.9 Å². The first kappa shape index (κ1) is 27.1. The molecule has 37 heavy (non-hydrogen) atoms. The average Bonchev–Trinajstić information content (AvgIpc) is 2.89. The van der Waals surface area contributed by atoms with Crippen LogP contribution in [0.4, 0.5) is 4.79 Å². The van der Waals surface area contributed by atoms with Crippen LogP contribution in [0.25, 0.3) is 0 Å². The highest BCUT2D eigenvalue weighted by Crippen LogP contribution is 2.42. The summed E-state index contributed by atoms with van der Waals surface area (Å²) in [5.74, 6) is -0.168. The number of benzene rings is 2. The van der Waals surface area contributed by atoms with Crippen molar-refractivity contribution >= 4 is 12.0 Å². The average molecular weight is 508 g/mol. The summed E-state index contributed by atoms with van der Waals surface area (Å²) in [5, 5.41) is 6.06. The normalized spacial score (nSPS) is 23.6. The van der Waals surface area contributed by atoms with Gasteiger partial charge in [0.15, 0.2) is 0 Å². The maximum Gasteiger partial charge on any atom is 0.408 e. The fourth-order valence-electron chi connectivity index (χ4n) is 5.58. The number of rotatable bonds is 7. The largest absolute Gasteiger partial charge is 0.444 e. The van der Waals surface area contributed by atoms with Gasteiger partial charge in [-0.15, -0.1) is 0 Å². The second-order valence-electron chi connectivity index (χ2n) is 11.2. The molecule has 2 aliphatic rings. The molecule has 1 unspecified atom stereocenters. The van der Waals surface area contributed by atoms with Crippen molar-refractivity contribution < 1.29 is 19.1 Å². The highest BCUT2D eigenvalue weighted by atomic mass is 16.6. The van der Waals surface area contributed by atoms with Crippen molar-refractivity contribution in [1.29, 1.82) is 0 Å². The van der Waals surface area contributed by atoms with Crippen molar-refractivity contribution in [2.75, 3.05) is 26.3 Å². The summed E-state index contributed by atoms with van der Waals surface area (Å²) in [4.78, 5) is 28.6. The number of morpholine rings is 1. The van der Waals surface area contributed by atoms with Crippen molar-refractivity contribution in [3.63, 3.8) is 0 Å². The van der Waals surface area contributed by atoms with Crippen LogP contribution in [0, 0.1) is 0 Å². The molecule has 0 aromatic heterocycles. The van der Waals surface area contributed by atoms with E-state index in [2.05, 4.69) is 45.9 Å². The lowest BCUT2D eigenvalue weighted by Gasteiger charge is -2.50. The Morgan fingerprint density at radius 1 is 1.00 bits per heavy atom. The molecule has 200 valence electrons. The number of nitrogens with one attached hydrogen (secondary N) is 2. The van der Waals surface area contributed by atoms with Crippen LogP contribution in [-0.2, 0) is 26.2 Å². The molecule has 1 heterocycles. The third kappa shape index (κ3) is 7.33. The fraction of sp³-hybridized carbons (Fsp3) is 0.533. The summed E-state index contributed by atoms with van der Waals surface area (Å²) in [7, 11) is 0. The summed E-state index contributed by atoms with van der Waals surface area (Å²) < 4.78 is 11.1. The van der Waals surface area contributed by atoms with Gasteiger partial charge in [-0.2, -0.15) is 0 Å². The zero-order valence-electron chi connectivity index (χ0n) is 22.4. The molecule has 1 aliphatic heterocycles. The van der Waals surface area contributed by atoms with Crippen molar-refractivity contribution in [3.8, 4) is 0 Å². The number of hydrogen-bond acceptors (Lipinski definition) is 5. The fourth-order valence-corrected chi connectivity index (χ4v) is 5.58.